The van der Waals surface area contributed by atoms with E-state index in [0.29, 0.717) is 5.69 Å². The Morgan fingerprint density at radius 1 is 0.964 bits per heavy atom. The molecule has 1 heterocycles. The number of carbonyl (C=O) groups is 2. The molecule has 0 unspecified atom stereocenters. The number of hydrogen-bond acceptors (Lipinski definition) is 3. The summed E-state index contributed by atoms with van der Waals surface area (Å²) in [5.74, 6) is -0.597. The number of rotatable bonds is 5. The van der Waals surface area contributed by atoms with Crippen LogP contribution in [0.1, 0.15) is 21.5 Å². The fourth-order valence-electron chi connectivity index (χ4n) is 2.47. The van der Waals surface area contributed by atoms with Gasteiger partial charge in [0.25, 0.3) is 5.91 Å². The molecule has 28 heavy (non-hydrogen) atoms. The van der Waals surface area contributed by atoms with Crippen molar-refractivity contribution in [3.63, 3.8) is 0 Å². The molecule has 2 aromatic carbocycles. The molecule has 0 aliphatic carbocycles. The average Bonchev–Trinajstić information content (AvgIpc) is 2.69. The van der Waals surface area contributed by atoms with Crippen LogP contribution in [0, 0.1) is 12.7 Å². The monoisotopic (exact) mass is 378 g/mol. The van der Waals surface area contributed by atoms with Crippen molar-refractivity contribution in [3.05, 3.63) is 89.4 Å². The summed E-state index contributed by atoms with van der Waals surface area (Å²) in [5, 5.41) is 8.01. The topological polar surface area (TPSA) is 83.1 Å². The van der Waals surface area contributed by atoms with Gasteiger partial charge in [-0.3, -0.25) is 10.1 Å². The van der Waals surface area contributed by atoms with Crippen LogP contribution in [-0.2, 0) is 6.54 Å². The summed E-state index contributed by atoms with van der Waals surface area (Å²) in [6.45, 7) is 2.18. The number of urea groups is 1. The number of nitrogens with one attached hydrogen (secondary N) is 3. The lowest BCUT2D eigenvalue weighted by Crippen LogP contribution is -2.26. The molecular formula is C21H19FN4O2. The lowest BCUT2D eigenvalue weighted by Gasteiger charge is -2.11. The number of anilines is 2. The minimum Gasteiger partial charge on any atom is -0.348 e. The lowest BCUT2D eigenvalue weighted by molar-refractivity contribution is 0.0951. The van der Waals surface area contributed by atoms with E-state index >= 15 is 0 Å². The van der Waals surface area contributed by atoms with Crippen molar-refractivity contribution in [2.45, 2.75) is 13.5 Å². The van der Waals surface area contributed by atoms with Gasteiger partial charge in [0.05, 0.1) is 5.56 Å². The van der Waals surface area contributed by atoms with E-state index in [1.807, 2.05) is 19.1 Å². The number of aryl methyl sites for hydroxylation is 1. The van der Waals surface area contributed by atoms with Crippen molar-refractivity contribution in [1.29, 1.82) is 0 Å². The maximum Gasteiger partial charge on any atom is 0.324 e. The summed E-state index contributed by atoms with van der Waals surface area (Å²) in [6, 6.07) is 15.8. The van der Waals surface area contributed by atoms with Gasteiger partial charge in [0.2, 0.25) is 0 Å². The number of aromatic nitrogens is 1. The Morgan fingerprint density at radius 2 is 1.68 bits per heavy atom. The van der Waals surface area contributed by atoms with Crippen LogP contribution in [0.25, 0.3) is 0 Å². The predicted octanol–water partition coefficient (Wildman–Crippen LogP) is 4.10. The number of amides is 3. The van der Waals surface area contributed by atoms with Crippen LogP contribution in [0.3, 0.4) is 0 Å². The third-order valence-electron chi connectivity index (χ3n) is 3.96. The zero-order valence-corrected chi connectivity index (χ0v) is 15.2. The Labute approximate surface area is 161 Å². The van der Waals surface area contributed by atoms with Crippen molar-refractivity contribution in [2.24, 2.45) is 0 Å². The fraction of sp³-hybridized carbons (Fsp3) is 0.0952. The van der Waals surface area contributed by atoms with Crippen molar-refractivity contribution in [2.75, 3.05) is 10.6 Å². The van der Waals surface area contributed by atoms with E-state index in [2.05, 4.69) is 20.9 Å². The number of carbonyl (C=O) groups excluding carboxylic acids is 2. The van der Waals surface area contributed by atoms with Gasteiger partial charge in [-0.2, -0.15) is 0 Å². The fourth-order valence-corrected chi connectivity index (χ4v) is 2.47. The lowest BCUT2D eigenvalue weighted by atomic mass is 10.2. The van der Waals surface area contributed by atoms with Gasteiger partial charge in [-0.1, -0.05) is 29.8 Å². The molecule has 6 nitrogen and oxygen atoms in total. The van der Waals surface area contributed by atoms with Crippen molar-refractivity contribution < 1.29 is 14.0 Å². The highest BCUT2D eigenvalue weighted by molar-refractivity contribution is 6.05. The summed E-state index contributed by atoms with van der Waals surface area (Å²) in [4.78, 5) is 28.8. The molecule has 3 rings (SSSR count). The maximum atomic E-state index is 13.0. The minimum atomic E-state index is -0.505. The highest BCUT2D eigenvalue weighted by Crippen LogP contribution is 2.14. The molecule has 0 spiro atoms. The molecule has 0 bridgehead atoms. The zero-order chi connectivity index (χ0) is 19.9. The summed E-state index contributed by atoms with van der Waals surface area (Å²) in [6.07, 6.45) is 1.48. The smallest absolute Gasteiger partial charge is 0.324 e. The van der Waals surface area contributed by atoms with E-state index in [0.717, 1.165) is 11.1 Å². The molecule has 0 saturated carbocycles. The molecule has 3 N–H and O–H groups in total. The second kappa shape index (κ2) is 8.77. The van der Waals surface area contributed by atoms with Gasteiger partial charge in [0.15, 0.2) is 0 Å². The molecule has 0 aliphatic heterocycles. The Kier molecular flexibility index (Phi) is 5.96. The molecule has 0 radical (unpaired) electrons. The number of hydrogen-bond donors (Lipinski definition) is 3. The van der Waals surface area contributed by atoms with Gasteiger partial charge in [-0.05, 0) is 48.9 Å². The van der Waals surface area contributed by atoms with Gasteiger partial charge in [0.1, 0.15) is 11.6 Å². The molecule has 0 fully saturated rings. The second-order valence-corrected chi connectivity index (χ2v) is 6.15. The molecule has 7 heteroatoms. The molecule has 3 amide bonds. The quantitative estimate of drug-likeness (QED) is 0.625. The molecule has 0 aliphatic rings. The molecule has 142 valence electrons. The maximum absolute atomic E-state index is 13.0. The Balaban J connectivity index is 1.64. The molecule has 1 aromatic heterocycles. The number of pyridine rings is 1. The largest absolute Gasteiger partial charge is 0.348 e. The Bertz CT molecular complexity index is 972. The third kappa shape index (κ3) is 5.14. The first-order chi connectivity index (χ1) is 13.5. The van der Waals surface area contributed by atoms with Crippen molar-refractivity contribution in [1.82, 2.24) is 10.3 Å². The summed E-state index contributed by atoms with van der Waals surface area (Å²) >= 11 is 0. The number of nitrogens with zero attached hydrogens (tertiary/aromatic N) is 1. The van der Waals surface area contributed by atoms with E-state index in [4.69, 9.17) is 0 Å². The summed E-state index contributed by atoms with van der Waals surface area (Å²) in [7, 11) is 0. The molecule has 0 saturated heterocycles. The SMILES string of the molecule is Cc1ccc(NC(=O)Nc2ncccc2C(=O)NCc2ccc(F)cc2)cc1. The highest BCUT2D eigenvalue weighted by atomic mass is 19.1. The van der Waals surface area contributed by atoms with E-state index in [-0.39, 0.29) is 23.7 Å². The van der Waals surface area contributed by atoms with E-state index in [9.17, 15) is 14.0 Å². The third-order valence-corrected chi connectivity index (χ3v) is 3.96. The second-order valence-electron chi connectivity index (χ2n) is 6.15. The normalized spacial score (nSPS) is 10.2. The van der Waals surface area contributed by atoms with Crippen LogP contribution in [0.15, 0.2) is 66.9 Å². The van der Waals surface area contributed by atoms with Crippen LogP contribution in [0.2, 0.25) is 0 Å². The Morgan fingerprint density at radius 3 is 2.39 bits per heavy atom. The first-order valence-corrected chi connectivity index (χ1v) is 8.63. The van der Waals surface area contributed by atoms with E-state index in [1.165, 1.54) is 18.3 Å². The highest BCUT2D eigenvalue weighted by Gasteiger charge is 2.14. The molecule has 0 atom stereocenters. The Hall–Kier alpha value is -3.74. The van der Waals surface area contributed by atoms with Gasteiger partial charge in [0, 0.05) is 18.4 Å². The van der Waals surface area contributed by atoms with Crippen molar-refractivity contribution in [3.8, 4) is 0 Å². The summed E-state index contributed by atoms with van der Waals surface area (Å²) < 4.78 is 13.0. The van der Waals surface area contributed by atoms with E-state index in [1.54, 1.807) is 36.4 Å². The van der Waals surface area contributed by atoms with E-state index < -0.39 is 11.9 Å². The van der Waals surface area contributed by atoms with Gasteiger partial charge in [-0.25, -0.2) is 14.2 Å². The predicted molar refractivity (Wildman–Crippen MR) is 106 cm³/mol. The van der Waals surface area contributed by atoms with Crippen LogP contribution in [0.4, 0.5) is 20.7 Å². The number of benzene rings is 2. The van der Waals surface area contributed by atoms with Gasteiger partial charge in [-0.15, -0.1) is 0 Å². The first-order valence-electron chi connectivity index (χ1n) is 8.63. The molecular weight excluding hydrogens is 359 g/mol. The van der Waals surface area contributed by atoms with Crippen LogP contribution in [-0.4, -0.2) is 16.9 Å². The van der Waals surface area contributed by atoms with Crippen LogP contribution < -0.4 is 16.0 Å². The van der Waals surface area contributed by atoms with Gasteiger partial charge >= 0.3 is 6.03 Å². The summed E-state index contributed by atoms with van der Waals surface area (Å²) in [5.41, 5.74) is 2.69. The average molecular weight is 378 g/mol. The van der Waals surface area contributed by atoms with Gasteiger partial charge < -0.3 is 10.6 Å². The van der Waals surface area contributed by atoms with Crippen LogP contribution in [0.5, 0.6) is 0 Å². The molecule has 3 aromatic rings. The minimum absolute atomic E-state index is 0.142. The first kappa shape index (κ1) is 19.0. The number of halogens is 1. The van der Waals surface area contributed by atoms with Crippen molar-refractivity contribution >= 4 is 23.4 Å². The van der Waals surface area contributed by atoms with Crippen LogP contribution >= 0.6 is 0 Å². The standard InChI is InChI=1S/C21H19FN4O2/c1-14-4-10-17(11-5-14)25-21(28)26-19-18(3-2-12-23-19)20(27)24-13-15-6-8-16(22)9-7-15/h2-12H,13H2,1H3,(H,24,27)(H2,23,25,26,28). The zero-order valence-electron chi connectivity index (χ0n) is 15.2.